The van der Waals surface area contributed by atoms with Gasteiger partial charge in [0, 0.05) is 21.5 Å². The van der Waals surface area contributed by atoms with Gasteiger partial charge in [0.15, 0.2) is 0 Å². The Balaban J connectivity index is 2.21. The minimum Gasteiger partial charge on any atom is -0.497 e. The van der Waals surface area contributed by atoms with E-state index in [9.17, 15) is 10.1 Å². The molecule has 6 heteroatoms. The monoisotopic (exact) mass is 434 g/mol. The number of unbranched alkanes of at least 4 members (excludes halogenated alkanes) is 2. The maximum atomic E-state index is 11.9. The highest BCUT2D eigenvalue weighted by atomic mass is 79.9. The van der Waals surface area contributed by atoms with Gasteiger partial charge in [-0.15, -0.1) is 0 Å². The Morgan fingerprint density at radius 2 is 1.85 bits per heavy atom. The summed E-state index contributed by atoms with van der Waals surface area (Å²) in [6.07, 6.45) is 4.26. The molecule has 2 atom stereocenters. The second-order valence-corrected chi connectivity index (χ2v) is 7.48. The van der Waals surface area contributed by atoms with Crippen LogP contribution in [-0.4, -0.2) is 24.1 Å². The summed E-state index contributed by atoms with van der Waals surface area (Å²) in [4.78, 5) is 11.8. The molecule has 1 N–H and O–H groups in total. The third kappa shape index (κ3) is 6.54. The Morgan fingerprint density at radius 1 is 1.15 bits per heavy atom. The van der Waals surface area contributed by atoms with Crippen molar-refractivity contribution in [1.82, 2.24) is 0 Å². The summed E-state index contributed by atoms with van der Waals surface area (Å²) in [5.41, 5.74) is 1.83. The van der Waals surface area contributed by atoms with Crippen LogP contribution in [-0.2, 0) is 6.42 Å². The van der Waals surface area contributed by atoms with E-state index in [1.807, 2.05) is 48.5 Å². The van der Waals surface area contributed by atoms with Gasteiger partial charge in [0.2, 0.25) is 6.04 Å². The van der Waals surface area contributed by atoms with Gasteiger partial charge in [0.05, 0.1) is 13.2 Å². The molecule has 0 aliphatic rings. The van der Waals surface area contributed by atoms with Crippen LogP contribution in [0.3, 0.4) is 0 Å². The third-order valence-corrected chi connectivity index (χ3v) is 5.46. The fourth-order valence-electron chi connectivity index (χ4n) is 3.13. The lowest BCUT2D eigenvalue weighted by Crippen LogP contribution is -2.41. The van der Waals surface area contributed by atoms with Crippen molar-refractivity contribution in [2.75, 3.05) is 12.4 Å². The molecule has 0 bridgehead atoms. The van der Waals surface area contributed by atoms with Gasteiger partial charge in [-0.1, -0.05) is 60.3 Å². The quantitative estimate of drug-likeness (QED) is 0.279. The van der Waals surface area contributed by atoms with E-state index in [1.165, 1.54) is 0 Å². The second-order valence-electron chi connectivity index (χ2n) is 6.62. The van der Waals surface area contributed by atoms with E-state index in [-0.39, 0.29) is 11.0 Å². The molecule has 0 unspecified atom stereocenters. The van der Waals surface area contributed by atoms with Crippen LogP contribution in [0.4, 0.5) is 5.69 Å². The summed E-state index contributed by atoms with van der Waals surface area (Å²) < 4.78 is 6.10. The lowest BCUT2D eigenvalue weighted by Gasteiger charge is -2.24. The zero-order chi connectivity index (χ0) is 19.6. The fraction of sp³-hybridized carbons (Fsp3) is 0.429. The van der Waals surface area contributed by atoms with Gasteiger partial charge in [0.1, 0.15) is 5.75 Å². The number of halogens is 1. The van der Waals surface area contributed by atoms with E-state index in [4.69, 9.17) is 4.74 Å². The van der Waals surface area contributed by atoms with Gasteiger partial charge in [-0.2, -0.15) is 0 Å². The lowest BCUT2D eigenvalue weighted by molar-refractivity contribution is -0.524. The predicted octanol–water partition coefficient (Wildman–Crippen LogP) is 5.71. The molecule has 0 aromatic heterocycles. The molecule has 0 radical (unpaired) electrons. The number of nitrogens with one attached hydrogen (secondary N) is 1. The van der Waals surface area contributed by atoms with Crippen LogP contribution in [0.2, 0.25) is 0 Å². The van der Waals surface area contributed by atoms with Crippen LogP contribution < -0.4 is 10.1 Å². The van der Waals surface area contributed by atoms with Crippen molar-refractivity contribution < 1.29 is 9.66 Å². The van der Waals surface area contributed by atoms with Gasteiger partial charge < -0.3 is 10.1 Å². The van der Waals surface area contributed by atoms with Crippen molar-refractivity contribution in [1.29, 1.82) is 0 Å². The van der Waals surface area contributed by atoms with Gasteiger partial charge in [-0.3, -0.25) is 10.1 Å². The summed E-state index contributed by atoms with van der Waals surface area (Å²) >= 11 is 3.51. The number of anilines is 1. The molecular formula is C21H27BrN2O3. The minimum atomic E-state index is -0.706. The summed E-state index contributed by atoms with van der Waals surface area (Å²) in [7, 11) is 1.62. The topological polar surface area (TPSA) is 64.4 Å². The molecule has 0 saturated carbocycles. The number of ether oxygens (including phenoxy) is 1. The highest BCUT2D eigenvalue weighted by Crippen LogP contribution is 2.24. The average Bonchev–Trinajstić information content (AvgIpc) is 2.67. The largest absolute Gasteiger partial charge is 0.497 e. The molecule has 146 valence electrons. The van der Waals surface area contributed by atoms with E-state index in [2.05, 4.69) is 28.2 Å². The van der Waals surface area contributed by atoms with Crippen molar-refractivity contribution in [3.8, 4) is 5.75 Å². The number of hydrogen-bond donors (Lipinski definition) is 1. The molecule has 0 spiro atoms. The molecule has 0 fully saturated rings. The first-order valence-corrected chi connectivity index (χ1v) is 10.1. The van der Waals surface area contributed by atoms with Crippen molar-refractivity contribution in [2.45, 2.75) is 51.1 Å². The van der Waals surface area contributed by atoms with Crippen LogP contribution in [0.25, 0.3) is 0 Å². The zero-order valence-electron chi connectivity index (χ0n) is 15.9. The van der Waals surface area contributed by atoms with E-state index in [0.29, 0.717) is 6.42 Å². The zero-order valence-corrected chi connectivity index (χ0v) is 17.4. The second kappa shape index (κ2) is 10.9. The molecule has 0 aliphatic heterocycles. The lowest BCUT2D eigenvalue weighted by atomic mass is 9.95. The van der Waals surface area contributed by atoms with Crippen molar-refractivity contribution >= 4 is 21.6 Å². The molecule has 0 saturated heterocycles. The molecule has 0 aliphatic carbocycles. The first kappa shape index (κ1) is 21.2. The van der Waals surface area contributed by atoms with Crippen molar-refractivity contribution in [3.63, 3.8) is 0 Å². The third-order valence-electron chi connectivity index (χ3n) is 4.68. The van der Waals surface area contributed by atoms with E-state index in [1.54, 1.807) is 7.11 Å². The molecule has 0 heterocycles. The highest BCUT2D eigenvalue weighted by Gasteiger charge is 2.32. The summed E-state index contributed by atoms with van der Waals surface area (Å²) in [6.45, 7) is 2.14. The standard InChI is InChI=1S/C21H27BrN2O3/c1-3-4-5-10-20(23-17-11-13-18(27-2)14-12-17)21(24(25)26)15-16-8-6-7-9-19(16)22/h6-9,11-14,20-21,23H,3-5,10,15H2,1-2H3/t20-,21+/m1/s1. The van der Waals surface area contributed by atoms with Gasteiger partial charge >= 0.3 is 0 Å². The van der Waals surface area contributed by atoms with E-state index >= 15 is 0 Å². The Kier molecular flexibility index (Phi) is 8.58. The first-order valence-electron chi connectivity index (χ1n) is 9.32. The molecule has 5 nitrogen and oxygen atoms in total. The van der Waals surface area contributed by atoms with Crippen molar-refractivity contribution in [3.05, 3.63) is 68.7 Å². The number of nitro groups is 1. The number of methoxy groups -OCH3 is 1. The normalized spacial score (nSPS) is 13.0. The molecule has 0 amide bonds. The van der Waals surface area contributed by atoms with Crippen LogP contribution in [0.1, 0.15) is 38.2 Å². The highest BCUT2D eigenvalue weighted by molar-refractivity contribution is 9.10. The van der Waals surface area contributed by atoms with E-state index in [0.717, 1.165) is 47.2 Å². The number of benzene rings is 2. The Morgan fingerprint density at radius 3 is 2.44 bits per heavy atom. The van der Waals surface area contributed by atoms with Crippen LogP contribution >= 0.6 is 15.9 Å². The Labute approximate surface area is 169 Å². The van der Waals surface area contributed by atoms with Gasteiger partial charge in [-0.25, -0.2) is 0 Å². The van der Waals surface area contributed by atoms with Crippen molar-refractivity contribution in [2.24, 2.45) is 0 Å². The first-order chi connectivity index (χ1) is 13.0. The van der Waals surface area contributed by atoms with Crippen LogP contribution in [0.5, 0.6) is 5.75 Å². The number of nitrogens with zero attached hydrogens (tertiary/aromatic N) is 1. The summed E-state index contributed by atoms with van der Waals surface area (Å²) in [5, 5.41) is 15.3. The SMILES string of the molecule is CCCCC[C@@H](Nc1ccc(OC)cc1)[C@H](Cc1ccccc1Br)[N+](=O)[O-]. The van der Waals surface area contributed by atoms with Crippen LogP contribution in [0.15, 0.2) is 53.0 Å². The van der Waals surface area contributed by atoms with Crippen LogP contribution in [0, 0.1) is 10.1 Å². The molecule has 2 rings (SSSR count). The molecule has 2 aromatic rings. The Bertz CT molecular complexity index is 722. The fourth-order valence-corrected chi connectivity index (χ4v) is 3.58. The average molecular weight is 435 g/mol. The number of hydrogen-bond acceptors (Lipinski definition) is 4. The summed E-state index contributed by atoms with van der Waals surface area (Å²) in [5.74, 6) is 0.766. The van der Waals surface area contributed by atoms with Gasteiger partial charge in [-0.05, 0) is 42.3 Å². The summed E-state index contributed by atoms with van der Waals surface area (Å²) in [6, 6.07) is 14.3. The molecule has 27 heavy (non-hydrogen) atoms. The smallest absolute Gasteiger partial charge is 0.236 e. The molecular weight excluding hydrogens is 408 g/mol. The Hall–Kier alpha value is -2.08. The predicted molar refractivity (Wildman–Crippen MR) is 113 cm³/mol. The maximum absolute atomic E-state index is 11.9. The molecule has 2 aromatic carbocycles. The minimum absolute atomic E-state index is 0.146. The number of rotatable bonds is 11. The van der Waals surface area contributed by atoms with Gasteiger partial charge in [0.25, 0.3) is 0 Å². The maximum Gasteiger partial charge on any atom is 0.236 e. The van der Waals surface area contributed by atoms with E-state index < -0.39 is 6.04 Å².